The largest absolute Gasteiger partial charge is 0.478 e. The number of rotatable bonds is 3. The van der Waals surface area contributed by atoms with Crippen molar-refractivity contribution >= 4 is 12.0 Å². The average molecular weight is 207 g/mol. The van der Waals surface area contributed by atoms with Gasteiger partial charge in [0.1, 0.15) is 0 Å². The van der Waals surface area contributed by atoms with Gasteiger partial charge in [0, 0.05) is 13.0 Å². The molecule has 0 unspecified atom stereocenters. The van der Waals surface area contributed by atoms with Gasteiger partial charge >= 0.3 is 5.97 Å². The van der Waals surface area contributed by atoms with E-state index in [0.29, 0.717) is 5.56 Å². The van der Waals surface area contributed by atoms with Crippen LogP contribution < -0.4 is 0 Å². The highest BCUT2D eigenvalue weighted by molar-refractivity contribution is 5.88. The van der Waals surface area contributed by atoms with Gasteiger partial charge in [-0.1, -0.05) is 12.1 Å². The highest BCUT2D eigenvalue weighted by Gasteiger charge is 2.05. The molecule has 0 aromatic heterocycles. The summed E-state index contributed by atoms with van der Waals surface area (Å²) in [6.45, 7) is 1.35. The summed E-state index contributed by atoms with van der Waals surface area (Å²) in [4.78, 5) is 20.4. The third-order valence-electron chi connectivity index (χ3n) is 1.80. The summed E-state index contributed by atoms with van der Waals surface area (Å²) in [6.07, 6.45) is 1.33. The molecule has 1 aromatic carbocycles. The molecule has 78 valence electrons. The Morgan fingerprint density at radius 1 is 1.53 bits per heavy atom. The van der Waals surface area contributed by atoms with Crippen molar-refractivity contribution < 1.29 is 14.8 Å². The molecule has 0 bridgehead atoms. The summed E-state index contributed by atoms with van der Waals surface area (Å²) in [6, 6.07) is 5.97. The van der Waals surface area contributed by atoms with E-state index in [1.807, 2.05) is 0 Å². The topological polar surface area (TPSA) is 80.4 Å². The lowest BCUT2D eigenvalue weighted by Gasteiger charge is -1.96. The summed E-state index contributed by atoms with van der Waals surface area (Å²) in [5, 5.41) is 19.0. The summed E-state index contributed by atoms with van der Waals surface area (Å²) in [5.74, 6) is -1.05. The SMILES string of the molecule is C/C(=C\c1cccc(C(=O)O)c1)[N+](=O)[O-]. The lowest BCUT2D eigenvalue weighted by molar-refractivity contribution is -0.422. The molecule has 0 saturated heterocycles. The predicted molar refractivity (Wildman–Crippen MR) is 54.0 cm³/mol. The first-order chi connectivity index (χ1) is 7.00. The first-order valence-corrected chi connectivity index (χ1v) is 4.17. The number of carbonyl (C=O) groups is 1. The van der Waals surface area contributed by atoms with Gasteiger partial charge in [0.25, 0.3) is 0 Å². The van der Waals surface area contributed by atoms with Crippen LogP contribution in [0.3, 0.4) is 0 Å². The molecular weight excluding hydrogens is 198 g/mol. The average Bonchev–Trinajstić information content (AvgIpc) is 2.18. The number of carboxylic acids is 1. The van der Waals surface area contributed by atoms with Gasteiger partial charge in [0.15, 0.2) is 0 Å². The molecule has 0 aliphatic carbocycles. The van der Waals surface area contributed by atoms with Crippen LogP contribution in [0.5, 0.6) is 0 Å². The Hall–Kier alpha value is -2.17. The fraction of sp³-hybridized carbons (Fsp3) is 0.100. The molecule has 5 heteroatoms. The number of aromatic carboxylic acids is 1. The predicted octanol–water partition coefficient (Wildman–Crippen LogP) is 2.02. The molecule has 0 fully saturated rings. The Bertz CT molecular complexity index is 437. The second kappa shape index (κ2) is 4.36. The Morgan fingerprint density at radius 2 is 2.20 bits per heavy atom. The molecule has 0 atom stereocenters. The maximum Gasteiger partial charge on any atom is 0.335 e. The van der Waals surface area contributed by atoms with Crippen LogP contribution in [0.1, 0.15) is 22.8 Å². The number of carboxylic acid groups (broad SMARTS) is 1. The summed E-state index contributed by atoms with van der Waals surface area (Å²) < 4.78 is 0. The van der Waals surface area contributed by atoms with Crippen molar-refractivity contribution in [3.05, 3.63) is 51.2 Å². The molecular formula is C10H9NO4. The highest BCUT2D eigenvalue weighted by atomic mass is 16.6. The van der Waals surface area contributed by atoms with Crippen LogP contribution >= 0.6 is 0 Å². The van der Waals surface area contributed by atoms with Crippen LogP contribution in [0.15, 0.2) is 30.0 Å². The van der Waals surface area contributed by atoms with Gasteiger partial charge in [-0.15, -0.1) is 0 Å². The third kappa shape index (κ3) is 2.91. The van der Waals surface area contributed by atoms with Crippen molar-refractivity contribution in [2.24, 2.45) is 0 Å². The van der Waals surface area contributed by atoms with Crippen LogP contribution in [-0.2, 0) is 0 Å². The molecule has 0 aliphatic rings. The minimum absolute atomic E-state index is 0.0301. The number of nitrogens with zero attached hydrogens (tertiary/aromatic N) is 1. The molecule has 1 aromatic rings. The summed E-state index contributed by atoms with van der Waals surface area (Å²) in [5.41, 5.74) is 0.585. The Balaban J connectivity index is 3.06. The van der Waals surface area contributed by atoms with E-state index in [-0.39, 0.29) is 11.3 Å². The first kappa shape index (κ1) is 10.9. The van der Waals surface area contributed by atoms with Gasteiger partial charge < -0.3 is 5.11 Å². The molecule has 0 radical (unpaired) electrons. The van der Waals surface area contributed by atoms with Crippen molar-refractivity contribution in [2.45, 2.75) is 6.92 Å². The monoisotopic (exact) mass is 207 g/mol. The Labute approximate surface area is 85.8 Å². The molecule has 1 N–H and O–H groups in total. The fourth-order valence-electron chi connectivity index (χ4n) is 1.06. The third-order valence-corrected chi connectivity index (χ3v) is 1.80. The quantitative estimate of drug-likeness (QED) is 0.607. The van der Waals surface area contributed by atoms with E-state index in [9.17, 15) is 14.9 Å². The van der Waals surface area contributed by atoms with Gasteiger partial charge in [0.2, 0.25) is 5.70 Å². The molecule has 0 amide bonds. The van der Waals surface area contributed by atoms with Crippen LogP contribution in [0, 0.1) is 10.1 Å². The molecule has 0 saturated carbocycles. The van der Waals surface area contributed by atoms with Crippen LogP contribution in [0.25, 0.3) is 6.08 Å². The van der Waals surface area contributed by atoms with Crippen molar-refractivity contribution in [2.75, 3.05) is 0 Å². The zero-order valence-corrected chi connectivity index (χ0v) is 8.01. The highest BCUT2D eigenvalue weighted by Crippen LogP contribution is 2.10. The summed E-state index contributed by atoms with van der Waals surface area (Å²) >= 11 is 0. The molecule has 0 heterocycles. The zero-order chi connectivity index (χ0) is 11.4. The standard InChI is InChI=1S/C10H9NO4/c1-7(11(14)15)5-8-3-2-4-9(6-8)10(12)13/h2-6H,1H3,(H,12,13)/b7-5+. The van der Waals surface area contributed by atoms with Crippen LogP contribution in [-0.4, -0.2) is 16.0 Å². The lowest BCUT2D eigenvalue weighted by atomic mass is 10.1. The lowest BCUT2D eigenvalue weighted by Crippen LogP contribution is -1.97. The minimum atomic E-state index is -1.05. The second-order valence-corrected chi connectivity index (χ2v) is 2.97. The van der Waals surface area contributed by atoms with E-state index < -0.39 is 10.9 Å². The Morgan fingerprint density at radius 3 is 2.73 bits per heavy atom. The number of hydrogen-bond donors (Lipinski definition) is 1. The van der Waals surface area contributed by atoms with E-state index in [0.717, 1.165) is 0 Å². The van der Waals surface area contributed by atoms with E-state index in [1.54, 1.807) is 12.1 Å². The molecule has 0 spiro atoms. The van der Waals surface area contributed by atoms with E-state index in [4.69, 9.17) is 5.11 Å². The van der Waals surface area contributed by atoms with Gasteiger partial charge in [-0.05, 0) is 17.7 Å². The van der Waals surface area contributed by atoms with Gasteiger partial charge in [-0.25, -0.2) is 4.79 Å². The normalized spacial score (nSPS) is 11.1. The zero-order valence-electron chi connectivity index (χ0n) is 8.01. The second-order valence-electron chi connectivity index (χ2n) is 2.97. The maximum absolute atomic E-state index is 10.6. The fourth-order valence-corrected chi connectivity index (χ4v) is 1.06. The molecule has 1 rings (SSSR count). The Kier molecular flexibility index (Phi) is 3.17. The minimum Gasteiger partial charge on any atom is -0.478 e. The number of nitro groups is 1. The first-order valence-electron chi connectivity index (χ1n) is 4.17. The number of allylic oxidation sites excluding steroid dienone is 1. The smallest absolute Gasteiger partial charge is 0.335 e. The van der Waals surface area contributed by atoms with Gasteiger partial charge in [0.05, 0.1) is 10.5 Å². The summed E-state index contributed by atoms with van der Waals surface area (Å²) in [7, 11) is 0. The molecule has 0 aliphatic heterocycles. The molecule has 15 heavy (non-hydrogen) atoms. The van der Waals surface area contributed by atoms with Gasteiger partial charge in [-0.3, -0.25) is 10.1 Å². The van der Waals surface area contributed by atoms with Gasteiger partial charge in [-0.2, -0.15) is 0 Å². The van der Waals surface area contributed by atoms with Crippen molar-refractivity contribution in [1.82, 2.24) is 0 Å². The van der Waals surface area contributed by atoms with Crippen LogP contribution in [0.2, 0.25) is 0 Å². The molecule has 5 nitrogen and oxygen atoms in total. The van der Waals surface area contributed by atoms with Crippen LogP contribution in [0.4, 0.5) is 0 Å². The van der Waals surface area contributed by atoms with Crippen molar-refractivity contribution in [1.29, 1.82) is 0 Å². The van der Waals surface area contributed by atoms with Crippen molar-refractivity contribution in [3.8, 4) is 0 Å². The van der Waals surface area contributed by atoms with E-state index >= 15 is 0 Å². The van der Waals surface area contributed by atoms with E-state index in [2.05, 4.69) is 0 Å². The number of benzene rings is 1. The van der Waals surface area contributed by atoms with Crippen molar-refractivity contribution in [3.63, 3.8) is 0 Å². The maximum atomic E-state index is 10.6. The number of hydrogen-bond acceptors (Lipinski definition) is 3. The van der Waals surface area contributed by atoms with E-state index in [1.165, 1.54) is 25.1 Å².